The first-order chi connectivity index (χ1) is 25.3. The van der Waals surface area contributed by atoms with Gasteiger partial charge in [-0.2, -0.15) is 0 Å². The molecule has 1 heteroatoms. The molecule has 0 atom stereocenters. The molecule has 0 fully saturated rings. The standard InChI is InChI=1S/C50H35N/c1-2-14-37(15-3-1)47-24-8-9-25-49(47)39-29-31-44(32-30-39)51(45-21-10-19-41(34-45)42-28-27-36-13-4-5-17-40(36)33-42)46-22-11-20-43(35-46)50-26-12-18-38-16-6-7-23-48(38)50/h1-35H. The maximum Gasteiger partial charge on any atom is 0.0467 e. The van der Waals surface area contributed by atoms with Gasteiger partial charge in [-0.25, -0.2) is 0 Å². The monoisotopic (exact) mass is 649 g/mol. The second kappa shape index (κ2) is 13.3. The van der Waals surface area contributed by atoms with Crippen LogP contribution in [0, 0.1) is 0 Å². The van der Waals surface area contributed by atoms with Crippen molar-refractivity contribution in [3.05, 3.63) is 212 Å². The van der Waals surface area contributed by atoms with Crippen molar-refractivity contribution < 1.29 is 0 Å². The van der Waals surface area contributed by atoms with Gasteiger partial charge in [-0.3, -0.25) is 0 Å². The van der Waals surface area contributed by atoms with Crippen LogP contribution in [0.3, 0.4) is 0 Å². The predicted octanol–water partition coefficient (Wildman–Crippen LogP) is 14.1. The highest BCUT2D eigenvalue weighted by Crippen LogP contribution is 2.41. The summed E-state index contributed by atoms with van der Waals surface area (Å²) < 4.78 is 0. The second-order valence-corrected chi connectivity index (χ2v) is 13.0. The smallest absolute Gasteiger partial charge is 0.0467 e. The molecule has 9 rings (SSSR count). The lowest BCUT2D eigenvalue weighted by Crippen LogP contribution is -2.10. The van der Waals surface area contributed by atoms with E-state index in [1.165, 1.54) is 66.1 Å². The van der Waals surface area contributed by atoms with Crippen molar-refractivity contribution in [3.63, 3.8) is 0 Å². The van der Waals surface area contributed by atoms with Crippen LogP contribution in [-0.2, 0) is 0 Å². The predicted molar refractivity (Wildman–Crippen MR) is 218 cm³/mol. The number of nitrogens with zero attached hydrogens (tertiary/aromatic N) is 1. The zero-order valence-corrected chi connectivity index (χ0v) is 28.2. The first-order valence-electron chi connectivity index (χ1n) is 17.5. The van der Waals surface area contributed by atoms with Crippen molar-refractivity contribution in [1.82, 2.24) is 0 Å². The van der Waals surface area contributed by atoms with E-state index in [-0.39, 0.29) is 0 Å². The first-order valence-corrected chi connectivity index (χ1v) is 17.5. The van der Waals surface area contributed by atoms with E-state index < -0.39 is 0 Å². The Kier molecular flexibility index (Phi) is 7.92. The Morgan fingerprint density at radius 2 is 0.725 bits per heavy atom. The molecular weight excluding hydrogens is 615 g/mol. The number of rotatable bonds is 7. The SMILES string of the molecule is c1ccc(-c2ccccc2-c2ccc(N(c3cccc(-c4ccc5ccccc5c4)c3)c3cccc(-c4cccc5ccccc45)c3)cc2)cc1. The Hall–Kier alpha value is -6.70. The molecule has 0 bridgehead atoms. The Bertz CT molecular complexity index is 2630. The van der Waals surface area contributed by atoms with Crippen LogP contribution in [0.1, 0.15) is 0 Å². The summed E-state index contributed by atoms with van der Waals surface area (Å²) >= 11 is 0. The molecule has 0 unspecified atom stereocenters. The number of anilines is 3. The fraction of sp³-hybridized carbons (Fsp3) is 0. The van der Waals surface area contributed by atoms with Gasteiger partial charge in [-0.1, -0.05) is 170 Å². The largest absolute Gasteiger partial charge is 0.310 e. The molecule has 0 amide bonds. The molecule has 0 aromatic heterocycles. The molecule has 0 saturated heterocycles. The van der Waals surface area contributed by atoms with Gasteiger partial charge < -0.3 is 4.90 Å². The molecule has 0 N–H and O–H groups in total. The molecule has 9 aromatic rings. The topological polar surface area (TPSA) is 3.24 Å². The van der Waals surface area contributed by atoms with Crippen LogP contribution in [0.2, 0.25) is 0 Å². The van der Waals surface area contributed by atoms with E-state index in [1.54, 1.807) is 0 Å². The van der Waals surface area contributed by atoms with E-state index in [1.807, 2.05) is 0 Å². The summed E-state index contributed by atoms with van der Waals surface area (Å²) in [5.41, 5.74) is 13.0. The second-order valence-electron chi connectivity index (χ2n) is 13.0. The lowest BCUT2D eigenvalue weighted by atomic mass is 9.94. The molecule has 0 heterocycles. The summed E-state index contributed by atoms with van der Waals surface area (Å²) in [6.45, 7) is 0. The van der Waals surface area contributed by atoms with Gasteiger partial charge in [0, 0.05) is 17.1 Å². The summed E-state index contributed by atoms with van der Waals surface area (Å²) in [6, 6.07) is 76.7. The summed E-state index contributed by atoms with van der Waals surface area (Å²) in [5.74, 6) is 0. The van der Waals surface area contributed by atoms with Gasteiger partial charge >= 0.3 is 0 Å². The van der Waals surface area contributed by atoms with Crippen molar-refractivity contribution in [3.8, 4) is 44.5 Å². The van der Waals surface area contributed by atoms with E-state index >= 15 is 0 Å². The molecule has 0 aliphatic carbocycles. The Morgan fingerprint density at radius 3 is 1.49 bits per heavy atom. The Labute approximate surface area is 299 Å². The fourth-order valence-electron chi connectivity index (χ4n) is 7.32. The minimum atomic E-state index is 1.10. The van der Waals surface area contributed by atoms with Gasteiger partial charge in [-0.15, -0.1) is 0 Å². The van der Waals surface area contributed by atoms with Crippen LogP contribution >= 0.6 is 0 Å². The van der Waals surface area contributed by atoms with Crippen molar-refractivity contribution in [1.29, 1.82) is 0 Å². The van der Waals surface area contributed by atoms with Gasteiger partial charge in [0.15, 0.2) is 0 Å². The quantitative estimate of drug-likeness (QED) is 0.166. The average molecular weight is 650 g/mol. The highest BCUT2D eigenvalue weighted by molar-refractivity contribution is 5.98. The molecule has 0 radical (unpaired) electrons. The summed E-state index contributed by atoms with van der Waals surface area (Å²) in [5, 5.41) is 4.99. The van der Waals surface area contributed by atoms with Gasteiger partial charge in [0.05, 0.1) is 0 Å². The maximum absolute atomic E-state index is 2.38. The summed E-state index contributed by atoms with van der Waals surface area (Å²) in [4.78, 5) is 2.38. The number of hydrogen-bond donors (Lipinski definition) is 0. The third kappa shape index (κ3) is 5.96. The van der Waals surface area contributed by atoms with Gasteiger partial charge in [0.1, 0.15) is 0 Å². The molecule has 0 aliphatic heterocycles. The van der Waals surface area contributed by atoms with Crippen LogP contribution in [-0.4, -0.2) is 0 Å². The number of hydrogen-bond acceptors (Lipinski definition) is 1. The third-order valence-electron chi connectivity index (χ3n) is 9.84. The zero-order valence-electron chi connectivity index (χ0n) is 28.2. The molecule has 9 aromatic carbocycles. The zero-order chi connectivity index (χ0) is 34.0. The highest BCUT2D eigenvalue weighted by Gasteiger charge is 2.16. The highest BCUT2D eigenvalue weighted by atomic mass is 15.1. The Balaban J connectivity index is 1.17. The van der Waals surface area contributed by atoms with Crippen LogP contribution in [0.4, 0.5) is 17.1 Å². The van der Waals surface area contributed by atoms with Crippen LogP contribution in [0.25, 0.3) is 66.1 Å². The maximum atomic E-state index is 2.38. The molecule has 0 aliphatic rings. The van der Waals surface area contributed by atoms with E-state index in [2.05, 4.69) is 217 Å². The van der Waals surface area contributed by atoms with Crippen molar-refractivity contribution in [2.75, 3.05) is 4.90 Å². The van der Waals surface area contributed by atoms with Gasteiger partial charge in [0.2, 0.25) is 0 Å². The molecule has 0 spiro atoms. The van der Waals surface area contributed by atoms with E-state index in [4.69, 9.17) is 0 Å². The van der Waals surface area contributed by atoms with Gasteiger partial charge in [0.25, 0.3) is 0 Å². The molecule has 1 nitrogen and oxygen atoms in total. The number of benzene rings is 9. The average Bonchev–Trinajstić information content (AvgIpc) is 3.21. The van der Waals surface area contributed by atoms with Crippen LogP contribution in [0.15, 0.2) is 212 Å². The van der Waals surface area contributed by atoms with Gasteiger partial charge in [-0.05, 0) is 109 Å². The van der Waals surface area contributed by atoms with Crippen molar-refractivity contribution in [2.45, 2.75) is 0 Å². The van der Waals surface area contributed by atoms with Crippen LogP contribution < -0.4 is 4.90 Å². The fourth-order valence-corrected chi connectivity index (χ4v) is 7.32. The summed E-state index contributed by atoms with van der Waals surface area (Å²) in [7, 11) is 0. The van der Waals surface area contributed by atoms with E-state index in [9.17, 15) is 0 Å². The molecule has 51 heavy (non-hydrogen) atoms. The van der Waals surface area contributed by atoms with E-state index in [0.29, 0.717) is 0 Å². The lowest BCUT2D eigenvalue weighted by Gasteiger charge is -2.27. The minimum Gasteiger partial charge on any atom is -0.310 e. The molecular formula is C50H35N. The number of fused-ring (bicyclic) bond motifs is 2. The van der Waals surface area contributed by atoms with E-state index in [0.717, 1.165) is 17.1 Å². The third-order valence-corrected chi connectivity index (χ3v) is 9.84. The normalized spacial score (nSPS) is 11.1. The molecule has 240 valence electrons. The molecule has 0 saturated carbocycles. The summed E-state index contributed by atoms with van der Waals surface area (Å²) in [6.07, 6.45) is 0. The van der Waals surface area contributed by atoms with Crippen molar-refractivity contribution >= 4 is 38.6 Å². The first kappa shape index (κ1) is 30.4. The van der Waals surface area contributed by atoms with Crippen LogP contribution in [0.5, 0.6) is 0 Å². The minimum absolute atomic E-state index is 1.10. The van der Waals surface area contributed by atoms with Crippen molar-refractivity contribution in [2.24, 2.45) is 0 Å². The lowest BCUT2D eigenvalue weighted by molar-refractivity contribution is 1.28. The Morgan fingerprint density at radius 1 is 0.235 bits per heavy atom.